The van der Waals surface area contributed by atoms with E-state index >= 15 is 0 Å². The third kappa shape index (κ3) is 3.47. The van der Waals surface area contributed by atoms with Crippen LogP contribution in [0.5, 0.6) is 0 Å². The molecule has 0 aromatic heterocycles. The second-order valence-electron chi connectivity index (χ2n) is 6.59. The predicted molar refractivity (Wildman–Crippen MR) is 107 cm³/mol. The van der Waals surface area contributed by atoms with Crippen LogP contribution in [0.15, 0.2) is 83.9 Å². The molecule has 2 nitrogen and oxygen atoms in total. The molecule has 0 amide bonds. The van der Waals surface area contributed by atoms with Gasteiger partial charge in [0.05, 0.1) is 24.1 Å². The Labute approximate surface area is 155 Å². The Morgan fingerprint density at radius 2 is 1.58 bits per heavy atom. The largest absolute Gasteiger partial charge is 0.373 e. The van der Waals surface area contributed by atoms with Gasteiger partial charge in [-0.3, -0.25) is 0 Å². The van der Waals surface area contributed by atoms with E-state index in [0.29, 0.717) is 0 Å². The molecule has 0 bridgehead atoms. The van der Waals surface area contributed by atoms with E-state index in [2.05, 4.69) is 73.7 Å². The maximum absolute atomic E-state index is 5.88. The lowest BCUT2D eigenvalue weighted by Gasteiger charge is -2.25. The Morgan fingerprint density at radius 1 is 0.923 bits per heavy atom. The second kappa shape index (κ2) is 7.67. The summed E-state index contributed by atoms with van der Waals surface area (Å²) < 4.78 is 5.88. The van der Waals surface area contributed by atoms with Crippen LogP contribution in [0.1, 0.15) is 41.7 Å². The number of nitrogens with zero attached hydrogens (tertiary/aromatic N) is 1. The zero-order chi connectivity index (χ0) is 17.8. The molecule has 0 saturated heterocycles. The van der Waals surface area contributed by atoms with Crippen molar-refractivity contribution in [3.63, 3.8) is 0 Å². The van der Waals surface area contributed by atoms with Crippen molar-refractivity contribution >= 4 is 11.4 Å². The molecule has 3 aromatic rings. The van der Waals surface area contributed by atoms with Gasteiger partial charge in [-0.25, -0.2) is 4.99 Å². The highest BCUT2D eigenvalue weighted by atomic mass is 16.5. The Hall–Kier alpha value is -2.71. The van der Waals surface area contributed by atoms with Gasteiger partial charge in [0.15, 0.2) is 0 Å². The van der Waals surface area contributed by atoms with Gasteiger partial charge in [0.2, 0.25) is 0 Å². The minimum atomic E-state index is 0.222. The van der Waals surface area contributed by atoms with Gasteiger partial charge in [-0.05, 0) is 36.1 Å². The molecule has 0 saturated carbocycles. The molecule has 1 aliphatic rings. The molecule has 4 rings (SSSR count). The molecule has 0 aliphatic carbocycles. The summed E-state index contributed by atoms with van der Waals surface area (Å²) in [5, 5.41) is 0. The molecule has 1 aliphatic heterocycles. The highest BCUT2D eigenvalue weighted by molar-refractivity contribution is 6.13. The first kappa shape index (κ1) is 16.7. The van der Waals surface area contributed by atoms with E-state index in [-0.39, 0.29) is 6.10 Å². The van der Waals surface area contributed by atoms with Crippen LogP contribution < -0.4 is 0 Å². The Morgan fingerprint density at radius 3 is 2.19 bits per heavy atom. The zero-order valence-electron chi connectivity index (χ0n) is 15.1. The summed E-state index contributed by atoms with van der Waals surface area (Å²) >= 11 is 0. The standard InChI is InChI=1S/C24H23NO/c1-2-23-22-14-13-21(17-20(22)15-16-26-23)25-24(18-9-5-3-6-10-18)19-11-7-4-8-12-19/h3-14,17,23H,2,15-16H2,1H3/t23-/m0/s1. The van der Waals surface area contributed by atoms with E-state index in [9.17, 15) is 0 Å². The summed E-state index contributed by atoms with van der Waals surface area (Å²) in [6.07, 6.45) is 2.19. The molecule has 0 unspecified atom stereocenters. The van der Waals surface area contributed by atoms with E-state index < -0.39 is 0 Å². The first-order valence-corrected chi connectivity index (χ1v) is 9.29. The zero-order valence-corrected chi connectivity index (χ0v) is 15.1. The molecule has 0 radical (unpaired) electrons. The van der Waals surface area contributed by atoms with Gasteiger partial charge in [0.25, 0.3) is 0 Å². The van der Waals surface area contributed by atoms with Crippen molar-refractivity contribution in [3.8, 4) is 0 Å². The van der Waals surface area contributed by atoms with Crippen molar-refractivity contribution in [1.82, 2.24) is 0 Å². The van der Waals surface area contributed by atoms with Crippen LogP contribution in [-0.4, -0.2) is 12.3 Å². The molecule has 0 fully saturated rings. The van der Waals surface area contributed by atoms with Gasteiger partial charge in [-0.1, -0.05) is 73.7 Å². The second-order valence-corrected chi connectivity index (χ2v) is 6.59. The van der Waals surface area contributed by atoms with Gasteiger partial charge in [-0.15, -0.1) is 0 Å². The number of fused-ring (bicyclic) bond motifs is 1. The Balaban J connectivity index is 1.78. The maximum atomic E-state index is 5.88. The van der Waals surface area contributed by atoms with Crippen LogP contribution in [-0.2, 0) is 11.2 Å². The summed E-state index contributed by atoms with van der Waals surface area (Å²) in [5.41, 5.74) is 6.95. The lowest BCUT2D eigenvalue weighted by atomic mass is 9.95. The lowest BCUT2D eigenvalue weighted by Crippen LogP contribution is -2.15. The van der Waals surface area contributed by atoms with Crippen molar-refractivity contribution < 1.29 is 4.74 Å². The summed E-state index contributed by atoms with van der Waals surface area (Å²) in [4.78, 5) is 5.03. The molecule has 0 spiro atoms. The molecule has 1 atom stereocenters. The van der Waals surface area contributed by atoms with Gasteiger partial charge < -0.3 is 4.74 Å². The third-order valence-corrected chi connectivity index (χ3v) is 4.87. The lowest BCUT2D eigenvalue weighted by molar-refractivity contribution is 0.0399. The van der Waals surface area contributed by atoms with Crippen molar-refractivity contribution in [2.24, 2.45) is 4.99 Å². The number of ether oxygens (including phenoxy) is 1. The number of benzene rings is 3. The topological polar surface area (TPSA) is 21.6 Å². The van der Waals surface area contributed by atoms with E-state index in [0.717, 1.165) is 42.0 Å². The van der Waals surface area contributed by atoms with Gasteiger partial charge in [0.1, 0.15) is 0 Å². The minimum absolute atomic E-state index is 0.222. The molecular formula is C24H23NO. The van der Waals surface area contributed by atoms with Gasteiger partial charge in [0, 0.05) is 11.1 Å². The summed E-state index contributed by atoms with van der Waals surface area (Å²) in [5.74, 6) is 0. The van der Waals surface area contributed by atoms with Crippen molar-refractivity contribution in [2.75, 3.05) is 6.61 Å². The summed E-state index contributed by atoms with van der Waals surface area (Å²) in [6, 6.07) is 27.3. The van der Waals surface area contributed by atoms with Gasteiger partial charge in [-0.2, -0.15) is 0 Å². The van der Waals surface area contributed by atoms with Crippen LogP contribution in [0.4, 0.5) is 5.69 Å². The Bertz CT molecular complexity index is 859. The molecule has 0 N–H and O–H groups in total. The normalized spacial score (nSPS) is 16.0. The minimum Gasteiger partial charge on any atom is -0.373 e. The summed E-state index contributed by atoms with van der Waals surface area (Å²) in [7, 11) is 0. The van der Waals surface area contributed by atoms with Crippen molar-refractivity contribution in [3.05, 3.63) is 101 Å². The number of hydrogen-bond acceptors (Lipinski definition) is 2. The van der Waals surface area contributed by atoms with Crippen LogP contribution in [0.3, 0.4) is 0 Å². The summed E-state index contributed by atoms with van der Waals surface area (Å²) in [6.45, 7) is 2.97. The average Bonchev–Trinajstić information content (AvgIpc) is 2.72. The number of aliphatic imine (C=N–C) groups is 1. The number of rotatable bonds is 4. The predicted octanol–water partition coefficient (Wildman–Crippen LogP) is 5.88. The van der Waals surface area contributed by atoms with Crippen molar-refractivity contribution in [1.29, 1.82) is 0 Å². The fourth-order valence-corrected chi connectivity index (χ4v) is 3.55. The van der Waals surface area contributed by atoms with E-state index in [1.807, 2.05) is 12.1 Å². The molecule has 1 heterocycles. The molecular weight excluding hydrogens is 318 g/mol. The number of hydrogen-bond donors (Lipinski definition) is 0. The van der Waals surface area contributed by atoms with Crippen LogP contribution in [0, 0.1) is 0 Å². The van der Waals surface area contributed by atoms with Crippen LogP contribution in [0.2, 0.25) is 0 Å². The highest BCUT2D eigenvalue weighted by Gasteiger charge is 2.19. The van der Waals surface area contributed by atoms with E-state index in [4.69, 9.17) is 9.73 Å². The van der Waals surface area contributed by atoms with Crippen molar-refractivity contribution in [2.45, 2.75) is 25.9 Å². The first-order valence-electron chi connectivity index (χ1n) is 9.29. The first-order chi connectivity index (χ1) is 12.8. The van der Waals surface area contributed by atoms with E-state index in [1.54, 1.807) is 0 Å². The van der Waals surface area contributed by atoms with E-state index in [1.165, 1.54) is 11.1 Å². The fraction of sp³-hybridized carbons (Fsp3) is 0.208. The Kier molecular flexibility index (Phi) is 4.94. The molecule has 26 heavy (non-hydrogen) atoms. The molecule has 3 aromatic carbocycles. The fourth-order valence-electron chi connectivity index (χ4n) is 3.55. The van der Waals surface area contributed by atoms with Crippen LogP contribution >= 0.6 is 0 Å². The maximum Gasteiger partial charge on any atom is 0.0825 e. The van der Waals surface area contributed by atoms with Crippen LogP contribution in [0.25, 0.3) is 0 Å². The quantitative estimate of drug-likeness (QED) is 0.543. The van der Waals surface area contributed by atoms with Gasteiger partial charge >= 0.3 is 0 Å². The smallest absolute Gasteiger partial charge is 0.0825 e. The monoisotopic (exact) mass is 341 g/mol. The molecule has 130 valence electrons. The average molecular weight is 341 g/mol. The molecule has 2 heteroatoms. The highest BCUT2D eigenvalue weighted by Crippen LogP contribution is 2.32. The SMILES string of the molecule is CC[C@@H]1OCCc2cc(N=C(c3ccccc3)c3ccccc3)ccc21. The third-order valence-electron chi connectivity index (χ3n) is 4.87.